The molecule has 1 saturated heterocycles. The summed E-state index contributed by atoms with van der Waals surface area (Å²) in [5.74, 6) is 1.07. The van der Waals surface area contributed by atoms with Gasteiger partial charge in [-0.1, -0.05) is 42.3 Å². The summed E-state index contributed by atoms with van der Waals surface area (Å²) in [6.07, 6.45) is 6.49. The van der Waals surface area contributed by atoms with Crippen molar-refractivity contribution in [2.75, 3.05) is 13.1 Å². The molecule has 2 heterocycles. The molecule has 0 radical (unpaired) electrons. The van der Waals surface area contributed by atoms with Crippen molar-refractivity contribution in [3.63, 3.8) is 0 Å². The first-order valence-corrected chi connectivity index (χ1v) is 9.99. The first-order valence-electron chi connectivity index (χ1n) is 9.99. The number of aryl methyl sites for hydroxylation is 1. The molecule has 0 bridgehead atoms. The van der Waals surface area contributed by atoms with Crippen molar-refractivity contribution >= 4 is 5.91 Å². The van der Waals surface area contributed by atoms with Crippen molar-refractivity contribution < 1.29 is 4.79 Å². The van der Waals surface area contributed by atoms with Crippen molar-refractivity contribution in [1.29, 1.82) is 0 Å². The van der Waals surface area contributed by atoms with Crippen molar-refractivity contribution in [3.8, 4) is 0 Å². The zero-order valence-corrected chi connectivity index (χ0v) is 15.7. The molecular formula is C23H28N2O. The van der Waals surface area contributed by atoms with Crippen LogP contribution in [0.3, 0.4) is 0 Å². The lowest BCUT2D eigenvalue weighted by molar-refractivity contribution is -0.139. The Bertz CT molecular complexity index is 781. The molecule has 1 aromatic carbocycles. The maximum absolute atomic E-state index is 12.6. The molecule has 0 N–H and O–H groups in total. The molecule has 1 atom stereocenters. The summed E-state index contributed by atoms with van der Waals surface area (Å²) in [5, 5.41) is 0. The van der Waals surface area contributed by atoms with Gasteiger partial charge in [-0.25, -0.2) is 0 Å². The second-order valence-electron chi connectivity index (χ2n) is 7.97. The highest BCUT2D eigenvalue weighted by Gasteiger charge is 2.32. The number of hydrogen-bond acceptors (Lipinski definition) is 2. The van der Waals surface area contributed by atoms with E-state index in [4.69, 9.17) is 4.98 Å². The zero-order valence-electron chi connectivity index (χ0n) is 15.7. The average molecular weight is 348 g/mol. The van der Waals surface area contributed by atoms with Crippen molar-refractivity contribution in [3.05, 3.63) is 65.0 Å². The zero-order chi connectivity index (χ0) is 17.9. The number of piperidine rings is 1. The van der Waals surface area contributed by atoms with Gasteiger partial charge in [-0.3, -0.25) is 9.78 Å². The number of rotatable bonds is 4. The van der Waals surface area contributed by atoms with E-state index < -0.39 is 0 Å². The molecule has 1 aliphatic heterocycles. The molecule has 3 heteroatoms. The molecule has 2 aromatic rings. The molecule has 136 valence electrons. The molecular weight excluding hydrogens is 320 g/mol. The molecule has 26 heavy (non-hydrogen) atoms. The minimum Gasteiger partial charge on any atom is -0.342 e. The lowest BCUT2D eigenvalue weighted by Crippen LogP contribution is -2.44. The predicted molar refractivity (Wildman–Crippen MR) is 104 cm³/mol. The minimum absolute atomic E-state index is 0.300. The fourth-order valence-electron chi connectivity index (χ4n) is 4.19. The van der Waals surface area contributed by atoms with Crippen molar-refractivity contribution in [2.45, 2.75) is 51.4 Å². The van der Waals surface area contributed by atoms with Gasteiger partial charge in [0.1, 0.15) is 0 Å². The smallest absolute Gasteiger partial charge is 0.225 e. The molecule has 1 saturated carbocycles. The van der Waals surface area contributed by atoms with Crippen molar-refractivity contribution in [2.24, 2.45) is 5.92 Å². The van der Waals surface area contributed by atoms with Crippen LogP contribution in [0.1, 0.15) is 60.5 Å². The van der Waals surface area contributed by atoms with Crippen LogP contribution >= 0.6 is 0 Å². The summed E-state index contributed by atoms with van der Waals surface area (Å²) in [5.41, 5.74) is 4.87. The lowest BCUT2D eigenvalue weighted by atomic mass is 9.83. The Morgan fingerprint density at radius 1 is 1.12 bits per heavy atom. The summed E-state index contributed by atoms with van der Waals surface area (Å²) >= 11 is 0. The molecule has 3 nitrogen and oxygen atoms in total. The van der Waals surface area contributed by atoms with E-state index in [0.29, 0.717) is 17.7 Å². The summed E-state index contributed by atoms with van der Waals surface area (Å²) in [4.78, 5) is 19.7. The van der Waals surface area contributed by atoms with Gasteiger partial charge in [0.2, 0.25) is 5.91 Å². The van der Waals surface area contributed by atoms with E-state index in [1.165, 1.54) is 17.5 Å². The largest absolute Gasteiger partial charge is 0.342 e. The number of nitrogens with zero attached hydrogens (tertiary/aromatic N) is 2. The van der Waals surface area contributed by atoms with Gasteiger partial charge in [0.05, 0.1) is 0 Å². The van der Waals surface area contributed by atoms with E-state index in [-0.39, 0.29) is 0 Å². The maximum atomic E-state index is 12.6. The van der Waals surface area contributed by atoms with Gasteiger partial charge in [0.15, 0.2) is 0 Å². The second kappa shape index (κ2) is 7.61. The highest BCUT2D eigenvalue weighted by molar-refractivity contribution is 5.79. The third-order valence-electron chi connectivity index (χ3n) is 5.90. The van der Waals surface area contributed by atoms with Gasteiger partial charge in [0, 0.05) is 42.7 Å². The molecule has 4 rings (SSSR count). The van der Waals surface area contributed by atoms with Gasteiger partial charge in [-0.05, 0) is 50.3 Å². The van der Waals surface area contributed by atoms with E-state index in [2.05, 4.69) is 54.3 Å². The Kier molecular flexibility index (Phi) is 5.05. The number of carbonyl (C=O) groups excluding carboxylic acids is 1. The fraction of sp³-hybridized carbons (Fsp3) is 0.478. The van der Waals surface area contributed by atoms with Crippen LogP contribution in [-0.4, -0.2) is 28.9 Å². The standard InChI is InChI=1S/C23H28N2O/c1-17-6-2-7-18(14-17)15-21-11-4-12-22(24-21)20-10-5-13-25(16-20)23(26)19-8-3-9-19/h2,4,6-7,11-12,14,19-20H,3,5,8-10,13,15-16H2,1H3. The lowest BCUT2D eigenvalue weighted by Gasteiger charge is -2.37. The third-order valence-corrected chi connectivity index (χ3v) is 5.90. The monoisotopic (exact) mass is 348 g/mol. The first kappa shape index (κ1) is 17.3. The molecule has 1 unspecified atom stereocenters. The molecule has 1 amide bonds. The van der Waals surface area contributed by atoms with Gasteiger partial charge in [-0.15, -0.1) is 0 Å². The number of aromatic nitrogens is 1. The summed E-state index contributed by atoms with van der Waals surface area (Å²) < 4.78 is 0. The van der Waals surface area contributed by atoms with Gasteiger partial charge in [-0.2, -0.15) is 0 Å². The Morgan fingerprint density at radius 3 is 2.73 bits per heavy atom. The van der Waals surface area contributed by atoms with Crippen LogP contribution in [-0.2, 0) is 11.2 Å². The third kappa shape index (κ3) is 3.82. The Morgan fingerprint density at radius 2 is 1.96 bits per heavy atom. The molecule has 0 spiro atoms. The van der Waals surface area contributed by atoms with Crippen LogP contribution in [0.25, 0.3) is 0 Å². The highest BCUT2D eigenvalue weighted by Crippen LogP contribution is 2.32. The number of benzene rings is 1. The van der Waals surface area contributed by atoms with Crippen LogP contribution in [0.2, 0.25) is 0 Å². The van der Waals surface area contributed by atoms with Gasteiger partial charge < -0.3 is 4.90 Å². The average Bonchev–Trinajstić information content (AvgIpc) is 2.61. The number of likely N-dealkylation sites (tertiary alicyclic amines) is 1. The number of amides is 1. The summed E-state index contributed by atoms with van der Waals surface area (Å²) in [7, 11) is 0. The maximum Gasteiger partial charge on any atom is 0.225 e. The number of hydrogen-bond donors (Lipinski definition) is 0. The topological polar surface area (TPSA) is 33.2 Å². The molecule has 2 aliphatic rings. The molecule has 1 aromatic heterocycles. The Hall–Kier alpha value is -2.16. The van der Waals surface area contributed by atoms with Crippen LogP contribution in [0.5, 0.6) is 0 Å². The quantitative estimate of drug-likeness (QED) is 0.816. The molecule has 2 fully saturated rings. The first-order chi connectivity index (χ1) is 12.7. The summed E-state index contributed by atoms with van der Waals surface area (Å²) in [6, 6.07) is 15.0. The van der Waals surface area contributed by atoms with E-state index >= 15 is 0 Å². The highest BCUT2D eigenvalue weighted by atomic mass is 16.2. The van der Waals surface area contributed by atoms with E-state index in [1.807, 2.05) is 0 Å². The summed E-state index contributed by atoms with van der Waals surface area (Å²) in [6.45, 7) is 3.90. The number of pyridine rings is 1. The van der Waals surface area contributed by atoms with Crippen LogP contribution in [0, 0.1) is 12.8 Å². The molecule has 1 aliphatic carbocycles. The van der Waals surface area contributed by atoms with Crippen LogP contribution in [0.4, 0.5) is 0 Å². The second-order valence-corrected chi connectivity index (χ2v) is 7.97. The Balaban J connectivity index is 1.46. The van der Waals surface area contributed by atoms with Crippen LogP contribution in [0.15, 0.2) is 42.5 Å². The van der Waals surface area contributed by atoms with Crippen molar-refractivity contribution in [1.82, 2.24) is 9.88 Å². The van der Waals surface area contributed by atoms with Crippen LogP contribution < -0.4 is 0 Å². The van der Waals surface area contributed by atoms with E-state index in [1.54, 1.807) is 0 Å². The van der Waals surface area contributed by atoms with Gasteiger partial charge in [0.25, 0.3) is 0 Å². The normalized spacial score (nSPS) is 20.7. The van der Waals surface area contributed by atoms with E-state index in [0.717, 1.165) is 56.6 Å². The fourth-order valence-corrected chi connectivity index (χ4v) is 4.19. The minimum atomic E-state index is 0.300. The SMILES string of the molecule is Cc1cccc(Cc2cccc(C3CCCN(C(=O)C4CCC4)C3)n2)c1. The Labute approximate surface area is 156 Å². The predicted octanol–water partition coefficient (Wildman–Crippen LogP) is 4.49. The van der Waals surface area contributed by atoms with Gasteiger partial charge >= 0.3 is 0 Å². The number of carbonyl (C=O) groups is 1. The van der Waals surface area contributed by atoms with E-state index in [9.17, 15) is 4.79 Å².